The Morgan fingerprint density at radius 2 is 1.81 bits per heavy atom. The molecule has 1 aliphatic carbocycles. The van der Waals surface area contributed by atoms with Gasteiger partial charge in [0.1, 0.15) is 11.8 Å². The predicted molar refractivity (Wildman–Crippen MR) is 119 cm³/mol. The molecule has 2 aromatic rings. The van der Waals surface area contributed by atoms with Gasteiger partial charge in [-0.2, -0.15) is 5.10 Å². The van der Waals surface area contributed by atoms with Gasteiger partial charge in [0.05, 0.1) is 0 Å². The van der Waals surface area contributed by atoms with Crippen molar-refractivity contribution in [3.05, 3.63) is 24.2 Å². The second-order valence-corrected chi connectivity index (χ2v) is 9.25. The molecule has 8 heteroatoms. The van der Waals surface area contributed by atoms with Crippen LogP contribution >= 0.6 is 0 Å². The number of aromatic nitrogens is 3. The lowest BCUT2D eigenvalue weighted by Gasteiger charge is -2.42. The van der Waals surface area contributed by atoms with Crippen molar-refractivity contribution in [3.63, 3.8) is 0 Å². The largest absolute Gasteiger partial charge is 0.381 e. The number of ether oxygens (including phenoxy) is 1. The molecular weight excluding hydrogens is 392 g/mol. The van der Waals surface area contributed by atoms with E-state index in [-0.39, 0.29) is 5.91 Å². The highest BCUT2D eigenvalue weighted by Gasteiger charge is 2.29. The first-order valence-electron chi connectivity index (χ1n) is 11.8. The van der Waals surface area contributed by atoms with Crippen LogP contribution in [0.5, 0.6) is 0 Å². The third kappa shape index (κ3) is 4.41. The number of fused-ring (bicyclic) bond motifs is 1. The molecule has 2 aromatic heterocycles. The number of hydrogen-bond donors (Lipinski definition) is 1. The number of nitrogens with zero attached hydrogens (tertiary/aromatic N) is 5. The van der Waals surface area contributed by atoms with Gasteiger partial charge in [-0.05, 0) is 56.1 Å². The van der Waals surface area contributed by atoms with Crippen LogP contribution in [0, 0.1) is 0 Å². The molecule has 1 N–H and O–H groups in total. The molecule has 5 rings (SSSR count). The van der Waals surface area contributed by atoms with E-state index in [1.54, 1.807) is 13.3 Å². The minimum absolute atomic E-state index is 0.203. The average Bonchev–Trinajstić information content (AvgIpc) is 3.26. The first kappa shape index (κ1) is 20.7. The van der Waals surface area contributed by atoms with Crippen LogP contribution in [0.4, 0.5) is 5.82 Å². The van der Waals surface area contributed by atoms with Crippen LogP contribution in [-0.2, 0) is 9.53 Å². The Morgan fingerprint density at radius 3 is 2.52 bits per heavy atom. The van der Waals surface area contributed by atoms with Crippen molar-refractivity contribution in [1.82, 2.24) is 24.4 Å². The molecule has 31 heavy (non-hydrogen) atoms. The monoisotopic (exact) mass is 426 g/mol. The predicted octanol–water partition coefficient (Wildman–Crippen LogP) is 2.51. The van der Waals surface area contributed by atoms with Gasteiger partial charge in [0, 0.05) is 64.6 Å². The van der Waals surface area contributed by atoms with Crippen LogP contribution in [0.2, 0.25) is 0 Å². The van der Waals surface area contributed by atoms with E-state index >= 15 is 0 Å². The molecule has 2 saturated heterocycles. The quantitative estimate of drug-likeness (QED) is 0.810. The summed E-state index contributed by atoms with van der Waals surface area (Å²) < 4.78 is 7.53. The second-order valence-electron chi connectivity index (χ2n) is 9.25. The highest BCUT2D eigenvalue weighted by Crippen LogP contribution is 2.34. The Labute approximate surface area is 183 Å². The summed E-state index contributed by atoms with van der Waals surface area (Å²) in [4.78, 5) is 20.8. The van der Waals surface area contributed by atoms with E-state index in [1.165, 1.54) is 18.4 Å². The molecule has 4 heterocycles. The van der Waals surface area contributed by atoms with Crippen LogP contribution < -0.4 is 5.32 Å². The van der Waals surface area contributed by atoms with Crippen molar-refractivity contribution in [2.45, 2.75) is 63.5 Å². The van der Waals surface area contributed by atoms with Crippen molar-refractivity contribution < 1.29 is 9.53 Å². The number of amides is 1. The number of piperazine rings is 1. The molecule has 0 radical (unpaired) electrons. The van der Waals surface area contributed by atoms with Gasteiger partial charge in [-0.25, -0.2) is 9.50 Å². The smallest absolute Gasteiger partial charge is 0.219 e. The second kappa shape index (κ2) is 9.12. The van der Waals surface area contributed by atoms with Gasteiger partial charge in [-0.15, -0.1) is 0 Å². The Balaban J connectivity index is 1.22. The molecule has 0 unspecified atom stereocenters. The topological polar surface area (TPSA) is 75.0 Å². The summed E-state index contributed by atoms with van der Waals surface area (Å²) in [7, 11) is 0. The minimum atomic E-state index is 0.203. The zero-order chi connectivity index (χ0) is 21.2. The molecule has 3 fully saturated rings. The summed E-state index contributed by atoms with van der Waals surface area (Å²) in [6.45, 7) is 7.10. The number of rotatable bonds is 4. The van der Waals surface area contributed by atoms with Gasteiger partial charge in [-0.3, -0.25) is 9.69 Å². The highest BCUT2D eigenvalue weighted by molar-refractivity contribution is 5.73. The fraction of sp³-hybridized carbons (Fsp3) is 0.696. The molecule has 0 bridgehead atoms. The fourth-order valence-corrected chi connectivity index (χ4v) is 5.60. The zero-order valence-corrected chi connectivity index (χ0v) is 18.5. The SMILES string of the molecule is CC(=O)N1CCN([C@H]2CC[C@H](Nc3ncnn4ccc(C5CCOCC5)c34)CC2)CC1. The third-order valence-electron chi connectivity index (χ3n) is 7.46. The van der Waals surface area contributed by atoms with Crippen LogP contribution in [-0.4, -0.2) is 81.8 Å². The van der Waals surface area contributed by atoms with Crippen LogP contribution in [0.25, 0.3) is 5.52 Å². The van der Waals surface area contributed by atoms with E-state index in [2.05, 4.69) is 32.6 Å². The van der Waals surface area contributed by atoms with E-state index in [0.29, 0.717) is 18.0 Å². The molecule has 1 saturated carbocycles. The summed E-state index contributed by atoms with van der Waals surface area (Å²) in [6, 6.07) is 3.30. The van der Waals surface area contributed by atoms with E-state index in [1.807, 2.05) is 9.42 Å². The van der Waals surface area contributed by atoms with Crippen molar-refractivity contribution >= 4 is 17.2 Å². The van der Waals surface area contributed by atoms with Crippen molar-refractivity contribution in [2.75, 3.05) is 44.7 Å². The summed E-state index contributed by atoms with van der Waals surface area (Å²) in [5.41, 5.74) is 2.49. The van der Waals surface area contributed by atoms with Gasteiger partial charge in [0.2, 0.25) is 5.91 Å². The standard InChI is InChI=1S/C23H34N6O2/c1-17(30)27-10-12-28(13-11-27)20-4-2-19(3-5-20)26-23-22-21(18-7-14-31-15-8-18)6-9-29(22)25-16-24-23/h6,9,16,18-20H,2-5,7-8,10-15H2,1H3,(H,24,25,26)/t19-,20-. The van der Waals surface area contributed by atoms with E-state index in [4.69, 9.17) is 4.74 Å². The van der Waals surface area contributed by atoms with E-state index < -0.39 is 0 Å². The molecule has 3 aliphatic rings. The number of nitrogens with one attached hydrogen (secondary N) is 1. The van der Waals surface area contributed by atoms with Crippen molar-refractivity contribution in [3.8, 4) is 0 Å². The minimum Gasteiger partial charge on any atom is -0.381 e. The highest BCUT2D eigenvalue weighted by atomic mass is 16.5. The molecule has 0 atom stereocenters. The Bertz CT molecular complexity index is 893. The van der Waals surface area contributed by atoms with Gasteiger partial charge >= 0.3 is 0 Å². The van der Waals surface area contributed by atoms with Gasteiger partial charge in [0.25, 0.3) is 0 Å². The molecule has 8 nitrogen and oxygen atoms in total. The summed E-state index contributed by atoms with van der Waals surface area (Å²) in [5.74, 6) is 1.70. The maximum atomic E-state index is 11.6. The van der Waals surface area contributed by atoms with E-state index in [9.17, 15) is 4.79 Å². The lowest BCUT2D eigenvalue weighted by Crippen LogP contribution is -2.52. The Hall–Kier alpha value is -2.19. The van der Waals surface area contributed by atoms with Gasteiger partial charge < -0.3 is 15.0 Å². The Morgan fingerprint density at radius 1 is 1.06 bits per heavy atom. The number of carbonyl (C=O) groups excluding carboxylic acids is 1. The number of anilines is 1. The number of hydrogen-bond acceptors (Lipinski definition) is 6. The summed E-state index contributed by atoms with van der Waals surface area (Å²) >= 11 is 0. The molecule has 2 aliphatic heterocycles. The molecule has 0 spiro atoms. The molecule has 1 amide bonds. The van der Waals surface area contributed by atoms with Gasteiger partial charge in [0.15, 0.2) is 5.82 Å². The maximum Gasteiger partial charge on any atom is 0.219 e. The third-order valence-corrected chi connectivity index (χ3v) is 7.46. The van der Waals surface area contributed by atoms with Gasteiger partial charge in [-0.1, -0.05) is 0 Å². The van der Waals surface area contributed by atoms with Crippen LogP contribution in [0.3, 0.4) is 0 Å². The first-order chi connectivity index (χ1) is 15.2. The molecule has 168 valence electrons. The fourth-order valence-electron chi connectivity index (χ4n) is 5.60. The van der Waals surface area contributed by atoms with Crippen molar-refractivity contribution in [2.24, 2.45) is 0 Å². The average molecular weight is 427 g/mol. The summed E-state index contributed by atoms with van der Waals surface area (Å²) in [6.07, 6.45) is 10.6. The van der Waals surface area contributed by atoms with E-state index in [0.717, 1.165) is 76.4 Å². The normalized spacial score (nSPS) is 26.3. The lowest BCUT2D eigenvalue weighted by atomic mass is 9.89. The lowest BCUT2D eigenvalue weighted by molar-refractivity contribution is -0.131. The van der Waals surface area contributed by atoms with Crippen molar-refractivity contribution in [1.29, 1.82) is 0 Å². The molecular formula is C23H34N6O2. The number of carbonyl (C=O) groups is 1. The summed E-state index contributed by atoms with van der Waals surface area (Å²) in [5, 5.41) is 8.20. The molecule has 0 aromatic carbocycles. The zero-order valence-electron chi connectivity index (χ0n) is 18.5. The Kier molecular flexibility index (Phi) is 6.09. The van der Waals surface area contributed by atoms with Crippen LogP contribution in [0.15, 0.2) is 18.6 Å². The first-order valence-corrected chi connectivity index (χ1v) is 11.8. The maximum absolute atomic E-state index is 11.6. The van der Waals surface area contributed by atoms with Crippen LogP contribution in [0.1, 0.15) is 56.9 Å².